The van der Waals surface area contributed by atoms with Crippen LogP contribution < -0.4 is 10.6 Å². The Kier molecular flexibility index (Phi) is 7.13. The molecular weight excluding hydrogens is 297 g/mol. The molecule has 2 rings (SSSR count). The number of aliphatic imine (C=N–C) groups is 1. The van der Waals surface area contributed by atoms with Crippen LogP contribution in [0.2, 0.25) is 0 Å². The number of nitrogens with one attached hydrogen (secondary N) is 2. The third kappa shape index (κ3) is 6.52. The van der Waals surface area contributed by atoms with E-state index in [1.165, 1.54) is 12.1 Å². The van der Waals surface area contributed by atoms with E-state index in [0.717, 1.165) is 17.7 Å². The van der Waals surface area contributed by atoms with Gasteiger partial charge in [-0.25, -0.2) is 9.38 Å². The minimum absolute atomic E-state index is 0.252. The first kappa shape index (κ1) is 17.0. The Morgan fingerprint density at radius 2 is 2.09 bits per heavy atom. The molecule has 0 aliphatic rings. The maximum atomic E-state index is 13.2. The lowest BCUT2D eigenvalue weighted by molar-refractivity contribution is 0.203. The van der Waals surface area contributed by atoms with Gasteiger partial charge < -0.3 is 19.8 Å². The summed E-state index contributed by atoms with van der Waals surface area (Å²) in [5.74, 6) is 1.33. The van der Waals surface area contributed by atoms with E-state index in [4.69, 9.17) is 9.15 Å². The van der Waals surface area contributed by atoms with Gasteiger partial charge in [-0.15, -0.1) is 0 Å². The topological polar surface area (TPSA) is 58.8 Å². The fourth-order valence-electron chi connectivity index (χ4n) is 2.01. The molecule has 23 heavy (non-hydrogen) atoms. The summed E-state index contributed by atoms with van der Waals surface area (Å²) in [5.41, 5.74) is 0.823. The highest BCUT2D eigenvalue weighted by Crippen LogP contribution is 2.04. The molecule has 0 amide bonds. The first-order chi connectivity index (χ1) is 11.3. The van der Waals surface area contributed by atoms with E-state index >= 15 is 0 Å². The Balaban J connectivity index is 1.87. The fraction of sp³-hybridized carbons (Fsp3) is 0.353. The highest BCUT2D eigenvalue weighted by molar-refractivity contribution is 5.79. The number of rotatable bonds is 8. The van der Waals surface area contributed by atoms with Crippen molar-refractivity contribution in [3.8, 4) is 0 Å². The van der Waals surface area contributed by atoms with Gasteiger partial charge in [0.05, 0.1) is 19.4 Å². The van der Waals surface area contributed by atoms with Gasteiger partial charge >= 0.3 is 0 Å². The molecule has 124 valence electrons. The van der Waals surface area contributed by atoms with Crippen molar-refractivity contribution < 1.29 is 13.5 Å². The second-order valence-electron chi connectivity index (χ2n) is 4.97. The summed E-state index contributed by atoms with van der Waals surface area (Å²) in [6, 6.07) is 10.2. The summed E-state index contributed by atoms with van der Waals surface area (Å²) < 4.78 is 23.5. The van der Waals surface area contributed by atoms with Gasteiger partial charge in [0.15, 0.2) is 5.96 Å². The zero-order valence-corrected chi connectivity index (χ0v) is 13.2. The summed E-state index contributed by atoms with van der Waals surface area (Å²) in [6.07, 6.45) is 2.42. The van der Waals surface area contributed by atoms with E-state index in [9.17, 15) is 4.39 Å². The number of furan rings is 1. The molecular formula is C17H22FN3O2. The monoisotopic (exact) mass is 319 g/mol. The van der Waals surface area contributed by atoms with Crippen LogP contribution in [-0.2, 0) is 17.7 Å². The fourth-order valence-corrected chi connectivity index (χ4v) is 2.01. The first-order valence-corrected chi connectivity index (χ1v) is 7.56. The molecule has 1 aromatic carbocycles. The molecule has 0 bridgehead atoms. The Morgan fingerprint density at radius 3 is 2.83 bits per heavy atom. The van der Waals surface area contributed by atoms with Crippen molar-refractivity contribution in [1.29, 1.82) is 0 Å². The van der Waals surface area contributed by atoms with Crippen molar-refractivity contribution in [2.24, 2.45) is 4.99 Å². The largest absolute Gasteiger partial charge is 0.469 e. The molecule has 0 unspecified atom stereocenters. The van der Waals surface area contributed by atoms with Gasteiger partial charge in [0.1, 0.15) is 11.6 Å². The Bertz CT molecular complexity index is 600. The van der Waals surface area contributed by atoms with Crippen LogP contribution in [0.4, 0.5) is 4.39 Å². The molecule has 1 heterocycles. The van der Waals surface area contributed by atoms with Crippen molar-refractivity contribution in [3.63, 3.8) is 0 Å². The molecule has 2 N–H and O–H groups in total. The average Bonchev–Trinajstić information content (AvgIpc) is 3.06. The van der Waals surface area contributed by atoms with Crippen LogP contribution in [0, 0.1) is 5.82 Å². The van der Waals surface area contributed by atoms with Crippen molar-refractivity contribution >= 4 is 5.96 Å². The van der Waals surface area contributed by atoms with Crippen LogP contribution in [0.15, 0.2) is 52.1 Å². The van der Waals surface area contributed by atoms with Gasteiger partial charge in [0, 0.05) is 26.6 Å². The highest BCUT2D eigenvalue weighted by atomic mass is 19.1. The molecule has 0 aliphatic heterocycles. The molecule has 0 radical (unpaired) electrons. The van der Waals surface area contributed by atoms with Crippen LogP contribution >= 0.6 is 0 Å². The predicted octanol–water partition coefficient (Wildman–Crippen LogP) is 2.34. The third-order valence-corrected chi connectivity index (χ3v) is 3.15. The number of ether oxygens (including phenoxy) is 1. The summed E-state index contributed by atoms with van der Waals surface area (Å²) in [6.45, 7) is 2.32. The molecule has 5 nitrogen and oxygen atoms in total. The smallest absolute Gasteiger partial charge is 0.191 e. The van der Waals surface area contributed by atoms with E-state index in [1.54, 1.807) is 19.4 Å². The lowest BCUT2D eigenvalue weighted by Crippen LogP contribution is -2.40. The normalized spacial score (nSPS) is 11.5. The summed E-state index contributed by atoms with van der Waals surface area (Å²) in [4.78, 5) is 4.47. The van der Waals surface area contributed by atoms with E-state index in [2.05, 4.69) is 15.6 Å². The minimum Gasteiger partial charge on any atom is -0.469 e. The average molecular weight is 319 g/mol. The molecule has 0 atom stereocenters. The first-order valence-electron chi connectivity index (χ1n) is 7.56. The second-order valence-corrected chi connectivity index (χ2v) is 4.97. The van der Waals surface area contributed by atoms with E-state index in [1.807, 2.05) is 18.2 Å². The maximum absolute atomic E-state index is 13.2. The predicted molar refractivity (Wildman–Crippen MR) is 87.8 cm³/mol. The standard InChI is InChI=1S/C17H22FN3O2/c1-22-11-9-20-17(19-8-7-16-6-3-10-23-16)21-13-14-4-2-5-15(18)12-14/h2-6,10,12H,7-9,11,13H2,1H3,(H2,19,20,21). The number of halogens is 1. The lowest BCUT2D eigenvalue weighted by Gasteiger charge is -2.12. The van der Waals surface area contributed by atoms with Crippen LogP contribution in [0.5, 0.6) is 0 Å². The lowest BCUT2D eigenvalue weighted by atomic mass is 10.2. The van der Waals surface area contributed by atoms with Crippen molar-refractivity contribution in [1.82, 2.24) is 10.6 Å². The van der Waals surface area contributed by atoms with Crippen molar-refractivity contribution in [2.75, 3.05) is 26.8 Å². The Hall–Kier alpha value is -2.34. The van der Waals surface area contributed by atoms with Gasteiger partial charge in [-0.3, -0.25) is 0 Å². The van der Waals surface area contributed by atoms with Gasteiger partial charge in [-0.1, -0.05) is 12.1 Å². The van der Waals surface area contributed by atoms with E-state index in [0.29, 0.717) is 32.2 Å². The molecule has 0 fully saturated rings. The molecule has 6 heteroatoms. The van der Waals surface area contributed by atoms with Crippen molar-refractivity contribution in [3.05, 3.63) is 59.8 Å². The SMILES string of the molecule is COCCNC(=NCc1cccc(F)c1)NCCc1ccco1. The summed E-state index contributed by atoms with van der Waals surface area (Å²) >= 11 is 0. The summed E-state index contributed by atoms with van der Waals surface area (Å²) in [5, 5.41) is 6.41. The molecule has 0 saturated heterocycles. The number of nitrogens with zero attached hydrogens (tertiary/aromatic N) is 1. The van der Waals surface area contributed by atoms with Crippen LogP contribution in [0.1, 0.15) is 11.3 Å². The molecule has 0 spiro atoms. The highest BCUT2D eigenvalue weighted by Gasteiger charge is 2.01. The van der Waals surface area contributed by atoms with Gasteiger partial charge in [0.25, 0.3) is 0 Å². The number of benzene rings is 1. The number of hydrogen-bond donors (Lipinski definition) is 2. The number of methoxy groups -OCH3 is 1. The Morgan fingerprint density at radius 1 is 1.22 bits per heavy atom. The number of hydrogen-bond acceptors (Lipinski definition) is 3. The van der Waals surface area contributed by atoms with Gasteiger partial charge in [-0.05, 0) is 29.8 Å². The Labute approximate surface area is 135 Å². The zero-order valence-electron chi connectivity index (χ0n) is 13.2. The maximum Gasteiger partial charge on any atom is 0.191 e. The minimum atomic E-state index is -0.252. The van der Waals surface area contributed by atoms with Crippen LogP contribution in [0.3, 0.4) is 0 Å². The molecule has 0 aliphatic carbocycles. The van der Waals surface area contributed by atoms with E-state index in [-0.39, 0.29) is 5.82 Å². The van der Waals surface area contributed by atoms with Crippen LogP contribution in [-0.4, -0.2) is 32.8 Å². The van der Waals surface area contributed by atoms with Crippen molar-refractivity contribution in [2.45, 2.75) is 13.0 Å². The van der Waals surface area contributed by atoms with Gasteiger partial charge in [0.2, 0.25) is 0 Å². The second kappa shape index (κ2) is 9.63. The summed E-state index contributed by atoms with van der Waals surface area (Å²) in [7, 11) is 1.65. The third-order valence-electron chi connectivity index (χ3n) is 3.15. The number of guanidine groups is 1. The van der Waals surface area contributed by atoms with Gasteiger partial charge in [-0.2, -0.15) is 0 Å². The molecule has 0 saturated carbocycles. The molecule has 1 aromatic heterocycles. The zero-order chi connectivity index (χ0) is 16.3. The van der Waals surface area contributed by atoms with Crippen LogP contribution in [0.25, 0.3) is 0 Å². The van der Waals surface area contributed by atoms with E-state index < -0.39 is 0 Å². The molecule has 2 aromatic rings. The quantitative estimate of drug-likeness (QED) is 0.445.